The molecule has 3 aromatic heterocycles. The molecule has 0 aliphatic rings. The molecule has 24 heavy (non-hydrogen) atoms. The summed E-state index contributed by atoms with van der Waals surface area (Å²) in [6.07, 6.45) is 6.63. The number of aromatic nitrogens is 2. The molecule has 3 aromatic rings. The van der Waals surface area contributed by atoms with Crippen LogP contribution >= 0.6 is 22.9 Å². The number of amides is 1. The molecule has 1 unspecified atom stereocenters. The Hall–Kier alpha value is -2.09. The summed E-state index contributed by atoms with van der Waals surface area (Å²) in [5.74, 6) is 0.609. The van der Waals surface area contributed by atoms with Crippen molar-refractivity contribution in [2.75, 3.05) is 20.6 Å². The number of imidazole rings is 1. The van der Waals surface area contributed by atoms with Gasteiger partial charge in [-0.05, 0) is 32.3 Å². The van der Waals surface area contributed by atoms with Gasteiger partial charge in [-0.2, -0.15) is 0 Å². The molecule has 1 atom stereocenters. The molecule has 3 heterocycles. The van der Waals surface area contributed by atoms with Gasteiger partial charge in [0.1, 0.15) is 5.76 Å². The first kappa shape index (κ1) is 16.8. The second kappa shape index (κ2) is 7.21. The Kier molecular flexibility index (Phi) is 5.03. The van der Waals surface area contributed by atoms with Crippen molar-refractivity contribution in [1.29, 1.82) is 0 Å². The molecule has 0 radical (unpaired) electrons. The highest BCUT2D eigenvalue weighted by Crippen LogP contribution is 2.22. The van der Waals surface area contributed by atoms with Crippen LogP contribution in [0.5, 0.6) is 0 Å². The molecule has 126 valence electrons. The van der Waals surface area contributed by atoms with E-state index in [2.05, 4.69) is 10.3 Å². The fraction of sp³-hybridized carbons (Fsp3) is 0.250. The lowest BCUT2D eigenvalue weighted by molar-refractivity contribution is -0.116. The minimum absolute atomic E-state index is 0.0283. The first-order valence-electron chi connectivity index (χ1n) is 7.33. The van der Waals surface area contributed by atoms with Crippen LogP contribution in [-0.2, 0) is 4.79 Å². The van der Waals surface area contributed by atoms with Gasteiger partial charge in [0.15, 0.2) is 10.1 Å². The molecule has 0 saturated carbocycles. The first-order valence-corrected chi connectivity index (χ1v) is 8.59. The molecule has 8 heteroatoms. The highest BCUT2D eigenvalue weighted by Gasteiger charge is 2.17. The monoisotopic (exact) mass is 364 g/mol. The molecular formula is C16H17ClN4O2S. The molecule has 0 saturated heterocycles. The number of likely N-dealkylation sites (N-methyl/N-ethyl adjacent to an activating group) is 1. The second-order valence-corrected chi connectivity index (χ2v) is 6.65. The molecule has 6 nitrogen and oxygen atoms in total. The zero-order chi connectivity index (χ0) is 17.1. The van der Waals surface area contributed by atoms with Gasteiger partial charge in [-0.15, -0.1) is 11.3 Å². The summed E-state index contributed by atoms with van der Waals surface area (Å²) >= 11 is 7.59. The summed E-state index contributed by atoms with van der Waals surface area (Å²) in [6.45, 7) is 0.442. The van der Waals surface area contributed by atoms with Crippen LogP contribution in [-0.4, -0.2) is 40.8 Å². The van der Waals surface area contributed by atoms with E-state index in [1.54, 1.807) is 12.3 Å². The molecule has 0 aliphatic carbocycles. The summed E-state index contributed by atoms with van der Waals surface area (Å²) in [5, 5.41) is 5.18. The van der Waals surface area contributed by atoms with Crippen LogP contribution in [0.1, 0.15) is 17.5 Å². The molecule has 0 fully saturated rings. The third-order valence-electron chi connectivity index (χ3n) is 3.61. The van der Waals surface area contributed by atoms with Crippen molar-refractivity contribution >= 4 is 39.9 Å². The Balaban J connectivity index is 1.65. The summed E-state index contributed by atoms with van der Waals surface area (Å²) in [7, 11) is 3.88. The summed E-state index contributed by atoms with van der Waals surface area (Å²) < 4.78 is 7.27. The minimum Gasteiger partial charge on any atom is -0.468 e. The number of hydrogen-bond acceptors (Lipinski definition) is 5. The summed E-state index contributed by atoms with van der Waals surface area (Å²) in [6, 6.07) is 3.70. The molecule has 0 aliphatic heterocycles. The second-order valence-electron chi connectivity index (χ2n) is 5.42. The largest absolute Gasteiger partial charge is 0.468 e. The van der Waals surface area contributed by atoms with Gasteiger partial charge >= 0.3 is 0 Å². The van der Waals surface area contributed by atoms with Crippen molar-refractivity contribution in [1.82, 2.24) is 19.6 Å². The van der Waals surface area contributed by atoms with Gasteiger partial charge in [-0.3, -0.25) is 14.1 Å². The number of fused-ring (bicyclic) bond motifs is 1. The fourth-order valence-electron chi connectivity index (χ4n) is 2.36. The quantitative estimate of drug-likeness (QED) is 0.683. The number of thiazole rings is 1. The maximum atomic E-state index is 12.1. The van der Waals surface area contributed by atoms with E-state index < -0.39 is 0 Å². The van der Waals surface area contributed by atoms with Crippen molar-refractivity contribution in [3.8, 4) is 0 Å². The first-order chi connectivity index (χ1) is 11.6. The molecule has 1 N–H and O–H groups in total. The van der Waals surface area contributed by atoms with Crippen LogP contribution in [0.2, 0.25) is 5.15 Å². The van der Waals surface area contributed by atoms with Gasteiger partial charge in [-0.1, -0.05) is 11.6 Å². The van der Waals surface area contributed by atoms with Crippen LogP contribution in [0.15, 0.2) is 40.5 Å². The maximum Gasteiger partial charge on any atom is 0.244 e. The van der Waals surface area contributed by atoms with Crippen molar-refractivity contribution in [2.45, 2.75) is 6.04 Å². The van der Waals surface area contributed by atoms with E-state index in [-0.39, 0.29) is 11.9 Å². The Labute approximate surface area is 148 Å². The Morgan fingerprint density at radius 1 is 1.58 bits per heavy atom. The molecule has 0 aromatic carbocycles. The topological polar surface area (TPSA) is 62.8 Å². The Bertz CT molecular complexity index is 851. The van der Waals surface area contributed by atoms with Crippen molar-refractivity contribution < 1.29 is 9.21 Å². The lowest BCUT2D eigenvalue weighted by atomic mass is 10.2. The SMILES string of the molecule is CN(C)C(CNC(=O)C=Cc1c(Cl)nc2sccn12)c1ccco1. The average molecular weight is 365 g/mol. The summed E-state index contributed by atoms with van der Waals surface area (Å²) in [4.78, 5) is 19.1. The average Bonchev–Trinajstić information content (AvgIpc) is 3.23. The number of rotatable bonds is 6. The van der Waals surface area contributed by atoms with E-state index in [0.29, 0.717) is 17.4 Å². The van der Waals surface area contributed by atoms with Gasteiger partial charge in [-0.25, -0.2) is 4.98 Å². The van der Waals surface area contributed by atoms with E-state index >= 15 is 0 Å². The lowest BCUT2D eigenvalue weighted by Gasteiger charge is -2.22. The number of halogens is 1. The maximum absolute atomic E-state index is 12.1. The Morgan fingerprint density at radius 3 is 3.12 bits per heavy atom. The van der Waals surface area contributed by atoms with Gasteiger partial charge in [0.2, 0.25) is 5.91 Å². The predicted octanol–water partition coefficient (Wildman–Crippen LogP) is 3.07. The predicted molar refractivity (Wildman–Crippen MR) is 95.3 cm³/mol. The number of nitrogens with zero attached hydrogens (tertiary/aromatic N) is 3. The highest BCUT2D eigenvalue weighted by atomic mass is 35.5. The van der Waals surface area contributed by atoms with Gasteiger partial charge < -0.3 is 9.73 Å². The highest BCUT2D eigenvalue weighted by molar-refractivity contribution is 7.15. The summed E-state index contributed by atoms with van der Waals surface area (Å²) in [5.41, 5.74) is 0.693. The van der Waals surface area contributed by atoms with E-state index in [1.165, 1.54) is 17.4 Å². The number of carbonyl (C=O) groups excluding carboxylic acids is 1. The van der Waals surface area contributed by atoms with Crippen molar-refractivity contribution in [3.63, 3.8) is 0 Å². The molecular weight excluding hydrogens is 348 g/mol. The van der Waals surface area contributed by atoms with E-state index in [9.17, 15) is 4.79 Å². The fourth-order valence-corrected chi connectivity index (χ4v) is 3.36. The minimum atomic E-state index is -0.199. The normalized spacial score (nSPS) is 13.2. The van der Waals surface area contributed by atoms with E-state index in [4.69, 9.17) is 16.0 Å². The number of hydrogen-bond donors (Lipinski definition) is 1. The Morgan fingerprint density at radius 2 is 2.42 bits per heavy atom. The molecule has 3 rings (SSSR count). The van der Waals surface area contributed by atoms with Crippen LogP contribution in [0.4, 0.5) is 0 Å². The van der Waals surface area contributed by atoms with Crippen molar-refractivity contribution in [2.24, 2.45) is 0 Å². The van der Waals surface area contributed by atoms with Crippen LogP contribution in [0, 0.1) is 0 Å². The van der Waals surface area contributed by atoms with Gasteiger partial charge in [0, 0.05) is 24.2 Å². The van der Waals surface area contributed by atoms with Crippen LogP contribution < -0.4 is 5.32 Å². The van der Waals surface area contributed by atoms with Crippen LogP contribution in [0.25, 0.3) is 11.0 Å². The smallest absolute Gasteiger partial charge is 0.244 e. The third-order valence-corrected chi connectivity index (χ3v) is 4.65. The molecule has 1 amide bonds. The molecule has 0 spiro atoms. The van der Waals surface area contributed by atoms with E-state index in [1.807, 2.05) is 47.1 Å². The standard InChI is InChI=1S/C16H17ClN4O2S/c1-20(2)12(13-4-3-8-23-13)10-18-14(22)6-5-11-15(17)19-16-21(11)7-9-24-16/h3-9,12H,10H2,1-2H3,(H,18,22). The number of furan rings is 1. The van der Waals surface area contributed by atoms with E-state index in [0.717, 1.165) is 10.7 Å². The van der Waals surface area contributed by atoms with Gasteiger partial charge in [0.25, 0.3) is 0 Å². The van der Waals surface area contributed by atoms with Crippen molar-refractivity contribution in [3.05, 3.63) is 52.7 Å². The van der Waals surface area contributed by atoms with Crippen LogP contribution in [0.3, 0.4) is 0 Å². The zero-order valence-corrected chi connectivity index (χ0v) is 14.8. The zero-order valence-electron chi connectivity index (χ0n) is 13.3. The van der Waals surface area contributed by atoms with Gasteiger partial charge in [0.05, 0.1) is 18.0 Å². The third kappa shape index (κ3) is 3.53. The molecule has 0 bridgehead atoms. The lowest BCUT2D eigenvalue weighted by Crippen LogP contribution is -2.33. The number of carbonyl (C=O) groups is 1. The number of nitrogens with one attached hydrogen (secondary N) is 1.